The van der Waals surface area contributed by atoms with Gasteiger partial charge in [0.25, 0.3) is 5.91 Å². The molecule has 1 aliphatic carbocycles. The molecule has 1 saturated carbocycles. The molecule has 1 N–H and O–H groups in total. The third-order valence-electron chi connectivity index (χ3n) is 5.14. The van der Waals surface area contributed by atoms with E-state index in [-0.39, 0.29) is 44.0 Å². The Morgan fingerprint density at radius 3 is 2.85 bits per heavy atom. The van der Waals surface area contributed by atoms with Crippen LogP contribution in [0.4, 0.5) is 5.69 Å². The van der Waals surface area contributed by atoms with Gasteiger partial charge < -0.3 is 14.8 Å². The van der Waals surface area contributed by atoms with Gasteiger partial charge in [-0.3, -0.25) is 19.3 Å². The zero-order chi connectivity index (χ0) is 19.2. The molecule has 1 fully saturated rings. The summed E-state index contributed by atoms with van der Waals surface area (Å²) in [6, 6.07) is 7.20. The summed E-state index contributed by atoms with van der Waals surface area (Å²) in [7, 11) is 0. The first-order valence-electron chi connectivity index (χ1n) is 9.52. The first-order chi connectivity index (χ1) is 13.0. The second kappa shape index (κ2) is 8.88. The van der Waals surface area contributed by atoms with Crippen LogP contribution in [0.1, 0.15) is 39.0 Å². The minimum atomic E-state index is -0.619. The Balaban J connectivity index is 1.52. The maximum Gasteiger partial charge on any atom is 0.326 e. The van der Waals surface area contributed by atoms with Crippen molar-refractivity contribution in [2.24, 2.45) is 5.92 Å². The molecule has 0 spiro atoms. The molecule has 0 bridgehead atoms. The van der Waals surface area contributed by atoms with Gasteiger partial charge in [0.1, 0.15) is 12.3 Å². The number of anilines is 1. The molecule has 146 valence electrons. The Kier molecular flexibility index (Phi) is 6.32. The highest BCUT2D eigenvalue weighted by molar-refractivity contribution is 5.99. The summed E-state index contributed by atoms with van der Waals surface area (Å²) >= 11 is 0. The number of carbonyl (C=O) groups is 3. The molecule has 2 amide bonds. The summed E-state index contributed by atoms with van der Waals surface area (Å²) in [6.45, 7) is 1.82. The zero-order valence-electron chi connectivity index (χ0n) is 15.6. The average molecular weight is 374 g/mol. The van der Waals surface area contributed by atoms with E-state index < -0.39 is 5.97 Å². The lowest BCUT2D eigenvalue weighted by molar-refractivity contribution is -0.148. The highest BCUT2D eigenvalue weighted by Gasteiger charge is 2.26. The van der Waals surface area contributed by atoms with Crippen molar-refractivity contribution in [1.29, 1.82) is 0 Å². The maximum atomic E-state index is 12.3. The normalized spacial score (nSPS) is 22.3. The number of carbonyl (C=O) groups excluding carboxylic acids is 3. The van der Waals surface area contributed by atoms with E-state index in [2.05, 4.69) is 12.2 Å². The van der Waals surface area contributed by atoms with Gasteiger partial charge in [0, 0.05) is 6.04 Å². The second-order valence-electron chi connectivity index (χ2n) is 7.14. The van der Waals surface area contributed by atoms with Gasteiger partial charge >= 0.3 is 5.97 Å². The van der Waals surface area contributed by atoms with Crippen LogP contribution in [0.15, 0.2) is 24.3 Å². The molecule has 2 atom stereocenters. The van der Waals surface area contributed by atoms with E-state index in [0.717, 1.165) is 19.3 Å². The van der Waals surface area contributed by atoms with Gasteiger partial charge in [-0.2, -0.15) is 0 Å². The predicted molar refractivity (Wildman–Crippen MR) is 99.4 cm³/mol. The van der Waals surface area contributed by atoms with Crippen molar-refractivity contribution in [3.63, 3.8) is 0 Å². The van der Waals surface area contributed by atoms with E-state index in [1.165, 1.54) is 11.3 Å². The van der Waals surface area contributed by atoms with Gasteiger partial charge in [0.05, 0.1) is 18.7 Å². The van der Waals surface area contributed by atoms with E-state index in [0.29, 0.717) is 17.4 Å². The smallest absolute Gasteiger partial charge is 0.326 e. The number of hydrogen-bond acceptors (Lipinski definition) is 5. The molecule has 3 rings (SSSR count). The Morgan fingerprint density at radius 2 is 2.04 bits per heavy atom. The molecule has 1 aromatic carbocycles. The number of hydrogen-bond donors (Lipinski definition) is 1. The lowest BCUT2D eigenvalue weighted by atomic mass is 9.86. The molecule has 2 aliphatic rings. The van der Waals surface area contributed by atoms with Gasteiger partial charge in [-0.15, -0.1) is 0 Å². The fourth-order valence-corrected chi connectivity index (χ4v) is 3.59. The molecule has 27 heavy (non-hydrogen) atoms. The van der Waals surface area contributed by atoms with E-state index in [1.54, 1.807) is 18.2 Å². The Hall–Kier alpha value is -2.57. The van der Waals surface area contributed by atoms with Gasteiger partial charge in [-0.25, -0.2) is 0 Å². The monoisotopic (exact) mass is 374 g/mol. The van der Waals surface area contributed by atoms with Crippen LogP contribution in [-0.4, -0.2) is 43.6 Å². The van der Waals surface area contributed by atoms with Crippen molar-refractivity contribution in [2.75, 3.05) is 24.7 Å². The molecule has 0 radical (unpaired) electrons. The fourth-order valence-electron chi connectivity index (χ4n) is 3.59. The van der Waals surface area contributed by atoms with Crippen LogP contribution in [0, 0.1) is 5.92 Å². The summed E-state index contributed by atoms with van der Waals surface area (Å²) in [5.74, 6) is -0.137. The molecule has 0 unspecified atom stereocenters. The van der Waals surface area contributed by atoms with E-state index in [9.17, 15) is 14.4 Å². The molecule has 1 aliphatic heterocycles. The van der Waals surface area contributed by atoms with Crippen molar-refractivity contribution >= 4 is 23.5 Å². The van der Waals surface area contributed by atoms with E-state index in [1.807, 2.05) is 6.07 Å². The second-order valence-corrected chi connectivity index (χ2v) is 7.14. The van der Waals surface area contributed by atoms with Crippen molar-refractivity contribution in [1.82, 2.24) is 5.32 Å². The van der Waals surface area contributed by atoms with Crippen LogP contribution >= 0.6 is 0 Å². The van der Waals surface area contributed by atoms with Crippen molar-refractivity contribution in [3.05, 3.63) is 24.3 Å². The SMILES string of the molecule is C[C@H]1CCCC[C@H]1NC(=O)COC(=O)CN1C(=O)CCOc2ccccc21. The largest absolute Gasteiger partial charge is 0.491 e. The molecular weight excluding hydrogens is 348 g/mol. The third kappa shape index (κ3) is 4.99. The van der Waals surface area contributed by atoms with Gasteiger partial charge in [-0.1, -0.05) is 31.9 Å². The van der Waals surface area contributed by atoms with Crippen LogP contribution in [0.2, 0.25) is 0 Å². The zero-order valence-corrected chi connectivity index (χ0v) is 15.6. The summed E-state index contributed by atoms with van der Waals surface area (Å²) in [4.78, 5) is 37.9. The minimum absolute atomic E-state index is 0.140. The summed E-state index contributed by atoms with van der Waals surface area (Å²) < 4.78 is 10.6. The van der Waals surface area contributed by atoms with E-state index >= 15 is 0 Å². The molecule has 0 saturated heterocycles. The number of nitrogens with one attached hydrogen (secondary N) is 1. The van der Waals surface area contributed by atoms with Crippen LogP contribution in [0.25, 0.3) is 0 Å². The van der Waals surface area contributed by atoms with Gasteiger partial charge in [0.15, 0.2) is 6.61 Å². The highest BCUT2D eigenvalue weighted by Crippen LogP contribution is 2.30. The maximum absolute atomic E-state index is 12.3. The standard InChI is InChI=1S/C20H26N2O5/c1-14-6-2-3-7-15(14)21-18(23)13-27-20(25)12-22-16-8-4-5-9-17(16)26-11-10-19(22)24/h4-5,8-9,14-15H,2-3,6-7,10-13H2,1H3,(H,21,23)/t14-,15+/m0/s1. The topological polar surface area (TPSA) is 84.9 Å². The number of rotatable bonds is 5. The van der Waals surface area contributed by atoms with Gasteiger partial charge in [-0.05, 0) is 30.9 Å². The number of amides is 2. The first-order valence-corrected chi connectivity index (χ1v) is 9.52. The van der Waals surface area contributed by atoms with Crippen LogP contribution < -0.4 is 15.0 Å². The minimum Gasteiger partial charge on any atom is -0.491 e. The number of nitrogens with zero attached hydrogens (tertiary/aromatic N) is 1. The van der Waals surface area contributed by atoms with Crippen molar-refractivity contribution in [3.8, 4) is 5.75 Å². The molecule has 1 aromatic rings. The molecule has 1 heterocycles. The average Bonchev–Trinajstić information content (AvgIpc) is 2.81. The summed E-state index contributed by atoms with van der Waals surface area (Å²) in [5, 5.41) is 2.95. The quantitative estimate of drug-likeness (QED) is 0.798. The van der Waals surface area contributed by atoms with E-state index in [4.69, 9.17) is 9.47 Å². The number of ether oxygens (including phenoxy) is 2. The van der Waals surface area contributed by atoms with Crippen LogP contribution in [0.5, 0.6) is 5.75 Å². The van der Waals surface area contributed by atoms with Crippen LogP contribution in [-0.2, 0) is 19.1 Å². The molecule has 7 nitrogen and oxygen atoms in total. The number of para-hydroxylation sites is 2. The van der Waals surface area contributed by atoms with Crippen molar-refractivity contribution < 1.29 is 23.9 Å². The van der Waals surface area contributed by atoms with Crippen molar-refractivity contribution in [2.45, 2.75) is 45.1 Å². The molecular formula is C20H26N2O5. The summed E-state index contributed by atoms with van der Waals surface area (Å²) in [6.07, 6.45) is 4.54. The lowest BCUT2D eigenvalue weighted by Gasteiger charge is -2.29. The highest BCUT2D eigenvalue weighted by atomic mass is 16.5. The Bertz CT molecular complexity index is 705. The Morgan fingerprint density at radius 1 is 1.26 bits per heavy atom. The number of fused-ring (bicyclic) bond motifs is 1. The molecule has 0 aromatic heterocycles. The lowest BCUT2D eigenvalue weighted by Crippen LogP contribution is -2.43. The fraction of sp³-hybridized carbons (Fsp3) is 0.550. The number of benzene rings is 1. The third-order valence-corrected chi connectivity index (χ3v) is 5.14. The predicted octanol–water partition coefficient (Wildman–Crippen LogP) is 2.04. The number of esters is 1. The Labute approximate surface area is 159 Å². The van der Waals surface area contributed by atoms with Gasteiger partial charge in [0.2, 0.25) is 5.91 Å². The first kappa shape index (κ1) is 19.2. The molecule has 7 heteroatoms. The van der Waals surface area contributed by atoms with Crippen LogP contribution in [0.3, 0.4) is 0 Å². The summed E-state index contributed by atoms with van der Waals surface area (Å²) in [5.41, 5.74) is 0.539.